The topological polar surface area (TPSA) is 58.4 Å². The van der Waals surface area contributed by atoms with E-state index in [2.05, 4.69) is 16.2 Å². The van der Waals surface area contributed by atoms with Gasteiger partial charge in [0.2, 0.25) is 0 Å². The van der Waals surface area contributed by atoms with Crippen LogP contribution in [0.15, 0.2) is 6.20 Å². The number of nitrogens with zero attached hydrogens (tertiary/aromatic N) is 3. The molecule has 1 aromatic heterocycles. The van der Waals surface area contributed by atoms with Crippen LogP contribution in [0, 0.1) is 18.3 Å². The average molecular weight is 279 g/mol. The molecule has 0 amide bonds. The number of likely N-dealkylation sites (tertiary alicyclic amines) is 1. The van der Waals surface area contributed by atoms with Gasteiger partial charge in [0.05, 0.1) is 11.1 Å². The van der Waals surface area contributed by atoms with Crippen molar-refractivity contribution in [3.8, 4) is 0 Å². The minimum Gasteiger partial charge on any atom is -0.481 e. The van der Waals surface area contributed by atoms with E-state index in [0.29, 0.717) is 0 Å². The van der Waals surface area contributed by atoms with Crippen molar-refractivity contribution in [1.82, 2.24) is 14.7 Å². The van der Waals surface area contributed by atoms with Gasteiger partial charge < -0.3 is 5.11 Å². The zero-order valence-corrected chi connectivity index (χ0v) is 12.9. The molecule has 1 fully saturated rings. The maximum Gasteiger partial charge on any atom is 0.309 e. The van der Waals surface area contributed by atoms with Crippen LogP contribution >= 0.6 is 0 Å². The van der Waals surface area contributed by atoms with Crippen molar-refractivity contribution in [2.75, 3.05) is 13.1 Å². The van der Waals surface area contributed by atoms with Gasteiger partial charge in [0.25, 0.3) is 0 Å². The van der Waals surface area contributed by atoms with Crippen LogP contribution in [0.2, 0.25) is 0 Å². The summed E-state index contributed by atoms with van der Waals surface area (Å²) in [5.74, 6) is -0.479. The van der Waals surface area contributed by atoms with Crippen molar-refractivity contribution in [2.45, 2.75) is 40.2 Å². The molecule has 5 nitrogen and oxygen atoms in total. The second-order valence-corrected chi connectivity index (χ2v) is 6.51. The Labute approximate surface area is 120 Å². The fourth-order valence-electron chi connectivity index (χ4n) is 3.01. The minimum atomic E-state index is -0.693. The molecule has 0 bridgehead atoms. The first-order valence-corrected chi connectivity index (χ1v) is 7.25. The van der Waals surface area contributed by atoms with Gasteiger partial charge in [-0.05, 0) is 46.1 Å². The van der Waals surface area contributed by atoms with Crippen LogP contribution in [0.1, 0.15) is 37.9 Å². The summed E-state index contributed by atoms with van der Waals surface area (Å²) in [5.41, 5.74) is 1.65. The molecule has 0 radical (unpaired) electrons. The third-order valence-corrected chi connectivity index (χ3v) is 4.59. The second-order valence-electron chi connectivity index (χ2n) is 6.51. The molecule has 0 saturated carbocycles. The standard InChI is InChI=1S/C15H25N3O2/c1-11-12(8-17(4)16-11)9-18-7-5-6-13(10-18)15(2,3)14(19)20/h8,13H,5-7,9-10H2,1-4H3,(H,19,20). The summed E-state index contributed by atoms with van der Waals surface area (Å²) < 4.78 is 1.84. The van der Waals surface area contributed by atoms with Gasteiger partial charge >= 0.3 is 5.97 Å². The number of piperidine rings is 1. The van der Waals surface area contributed by atoms with Crippen molar-refractivity contribution in [2.24, 2.45) is 18.4 Å². The monoisotopic (exact) mass is 279 g/mol. The first-order chi connectivity index (χ1) is 9.30. The van der Waals surface area contributed by atoms with E-state index in [4.69, 9.17) is 0 Å². The largest absolute Gasteiger partial charge is 0.481 e. The van der Waals surface area contributed by atoms with Crippen LogP contribution in [-0.2, 0) is 18.4 Å². The van der Waals surface area contributed by atoms with Gasteiger partial charge in [-0.15, -0.1) is 0 Å². The maximum atomic E-state index is 11.4. The number of carboxylic acids is 1. The third-order valence-electron chi connectivity index (χ3n) is 4.59. The summed E-state index contributed by atoms with van der Waals surface area (Å²) in [4.78, 5) is 13.8. The molecular formula is C15H25N3O2. The van der Waals surface area contributed by atoms with Crippen LogP contribution in [-0.4, -0.2) is 38.8 Å². The van der Waals surface area contributed by atoms with E-state index >= 15 is 0 Å². The highest BCUT2D eigenvalue weighted by atomic mass is 16.4. The minimum absolute atomic E-state index is 0.214. The Kier molecular flexibility index (Phi) is 4.18. The molecule has 0 aromatic carbocycles. The lowest BCUT2D eigenvalue weighted by molar-refractivity contribution is -0.151. The average Bonchev–Trinajstić information content (AvgIpc) is 2.68. The van der Waals surface area contributed by atoms with Crippen LogP contribution in [0.25, 0.3) is 0 Å². The predicted molar refractivity (Wildman–Crippen MR) is 77.4 cm³/mol. The number of hydrogen-bond donors (Lipinski definition) is 1. The van der Waals surface area contributed by atoms with Gasteiger partial charge in [-0.2, -0.15) is 5.10 Å². The SMILES string of the molecule is Cc1nn(C)cc1CN1CCCC(C(C)(C)C(=O)O)C1. The normalized spacial score (nSPS) is 21.1. The maximum absolute atomic E-state index is 11.4. The summed E-state index contributed by atoms with van der Waals surface area (Å²) in [6.07, 6.45) is 4.13. The lowest BCUT2D eigenvalue weighted by Gasteiger charge is -2.39. The highest BCUT2D eigenvalue weighted by Crippen LogP contribution is 2.34. The van der Waals surface area contributed by atoms with Crippen molar-refractivity contribution in [3.63, 3.8) is 0 Å². The summed E-state index contributed by atoms with van der Waals surface area (Å²) in [6, 6.07) is 0. The lowest BCUT2D eigenvalue weighted by Crippen LogP contribution is -2.44. The van der Waals surface area contributed by atoms with Crippen LogP contribution in [0.4, 0.5) is 0 Å². The smallest absolute Gasteiger partial charge is 0.309 e. The summed E-state index contributed by atoms with van der Waals surface area (Å²) in [6.45, 7) is 8.48. The predicted octanol–water partition coefficient (Wildman–Crippen LogP) is 2.05. The number of carboxylic acid groups (broad SMARTS) is 1. The summed E-state index contributed by atoms with van der Waals surface area (Å²) in [5, 5.41) is 13.8. The molecule has 1 aliphatic heterocycles. The van der Waals surface area contributed by atoms with Crippen LogP contribution in [0.5, 0.6) is 0 Å². The Morgan fingerprint density at radius 3 is 2.80 bits per heavy atom. The molecule has 112 valence electrons. The van der Waals surface area contributed by atoms with E-state index in [1.54, 1.807) is 0 Å². The molecule has 0 aliphatic carbocycles. The molecule has 1 aromatic rings. The lowest BCUT2D eigenvalue weighted by atomic mass is 9.74. The number of aromatic nitrogens is 2. The van der Waals surface area contributed by atoms with E-state index in [1.807, 2.05) is 32.5 Å². The van der Waals surface area contributed by atoms with Crippen LogP contribution < -0.4 is 0 Å². The van der Waals surface area contributed by atoms with Crippen molar-refractivity contribution < 1.29 is 9.90 Å². The Morgan fingerprint density at radius 1 is 1.55 bits per heavy atom. The Balaban J connectivity index is 2.04. The molecule has 0 spiro atoms. The third kappa shape index (κ3) is 3.03. The van der Waals surface area contributed by atoms with Gasteiger partial charge in [0.15, 0.2) is 0 Å². The highest BCUT2D eigenvalue weighted by molar-refractivity contribution is 5.74. The molecule has 2 heterocycles. The number of rotatable bonds is 4. The van der Waals surface area contributed by atoms with Crippen LogP contribution in [0.3, 0.4) is 0 Å². The molecule has 1 saturated heterocycles. The molecule has 20 heavy (non-hydrogen) atoms. The van der Waals surface area contributed by atoms with Crippen molar-refractivity contribution in [3.05, 3.63) is 17.5 Å². The van der Waals surface area contributed by atoms with Crippen molar-refractivity contribution >= 4 is 5.97 Å². The molecular weight excluding hydrogens is 254 g/mol. The molecule has 5 heteroatoms. The second kappa shape index (κ2) is 5.56. The molecule has 1 aliphatic rings. The quantitative estimate of drug-likeness (QED) is 0.916. The fourth-order valence-corrected chi connectivity index (χ4v) is 3.01. The molecule has 1 atom stereocenters. The first kappa shape index (κ1) is 15.0. The summed E-state index contributed by atoms with van der Waals surface area (Å²) >= 11 is 0. The first-order valence-electron chi connectivity index (χ1n) is 7.25. The molecule has 1 unspecified atom stereocenters. The van der Waals surface area contributed by atoms with E-state index in [1.165, 1.54) is 5.56 Å². The Morgan fingerprint density at radius 2 is 2.25 bits per heavy atom. The number of carbonyl (C=O) groups is 1. The van der Waals surface area contributed by atoms with E-state index in [-0.39, 0.29) is 5.92 Å². The molecule has 2 rings (SSSR count). The van der Waals surface area contributed by atoms with E-state index in [9.17, 15) is 9.90 Å². The Hall–Kier alpha value is -1.36. The zero-order valence-electron chi connectivity index (χ0n) is 12.9. The summed E-state index contributed by atoms with van der Waals surface area (Å²) in [7, 11) is 1.93. The Bertz CT molecular complexity index is 493. The number of aryl methyl sites for hydroxylation is 2. The van der Waals surface area contributed by atoms with E-state index in [0.717, 1.165) is 38.2 Å². The van der Waals surface area contributed by atoms with Gasteiger partial charge in [0, 0.05) is 31.9 Å². The number of hydrogen-bond acceptors (Lipinski definition) is 3. The van der Waals surface area contributed by atoms with E-state index < -0.39 is 11.4 Å². The number of aliphatic carboxylic acids is 1. The van der Waals surface area contributed by atoms with Gasteiger partial charge in [-0.25, -0.2) is 0 Å². The van der Waals surface area contributed by atoms with Gasteiger partial charge in [-0.1, -0.05) is 0 Å². The highest BCUT2D eigenvalue weighted by Gasteiger charge is 2.39. The van der Waals surface area contributed by atoms with Crippen molar-refractivity contribution in [1.29, 1.82) is 0 Å². The van der Waals surface area contributed by atoms with Gasteiger partial charge in [0.1, 0.15) is 0 Å². The fraction of sp³-hybridized carbons (Fsp3) is 0.733. The van der Waals surface area contributed by atoms with Gasteiger partial charge in [-0.3, -0.25) is 14.4 Å². The molecule has 1 N–H and O–H groups in total. The zero-order chi connectivity index (χ0) is 14.9.